The van der Waals surface area contributed by atoms with Gasteiger partial charge in [0.05, 0.1) is 22.9 Å². The predicted octanol–water partition coefficient (Wildman–Crippen LogP) is 1.09. The second kappa shape index (κ2) is 6.01. The maximum atomic E-state index is 10.8. The van der Waals surface area contributed by atoms with Gasteiger partial charge in [-0.2, -0.15) is 9.78 Å². The number of hydrogen-bond donors (Lipinski definition) is 2. The van der Waals surface area contributed by atoms with E-state index in [1.165, 1.54) is 35.5 Å². The van der Waals surface area contributed by atoms with E-state index in [2.05, 4.69) is 20.1 Å². The van der Waals surface area contributed by atoms with Gasteiger partial charge in [-0.05, 0) is 12.1 Å². The van der Waals surface area contributed by atoms with E-state index in [4.69, 9.17) is 10.2 Å². The van der Waals surface area contributed by atoms with E-state index in [-0.39, 0.29) is 11.3 Å². The van der Waals surface area contributed by atoms with Gasteiger partial charge >= 0.3 is 11.9 Å². The van der Waals surface area contributed by atoms with Crippen LogP contribution in [0.3, 0.4) is 0 Å². The Bertz CT molecular complexity index is 893. The zero-order valence-electron chi connectivity index (χ0n) is 11.4. The fourth-order valence-corrected chi connectivity index (χ4v) is 2.55. The number of carboxylic acid groups (broad SMARTS) is 2. The highest BCUT2D eigenvalue weighted by Gasteiger charge is 2.13. The number of aromatic carboxylic acids is 1. The van der Waals surface area contributed by atoms with Crippen LogP contribution in [0.2, 0.25) is 0 Å². The van der Waals surface area contributed by atoms with Crippen LogP contribution in [0.1, 0.15) is 10.4 Å². The van der Waals surface area contributed by atoms with Crippen LogP contribution in [0, 0.1) is 0 Å². The van der Waals surface area contributed by atoms with Crippen LogP contribution < -0.4 is 0 Å². The van der Waals surface area contributed by atoms with Gasteiger partial charge in [0.1, 0.15) is 11.4 Å². The van der Waals surface area contributed by atoms with Crippen molar-refractivity contribution in [3.05, 3.63) is 36.4 Å². The number of rotatable bonds is 5. The third kappa shape index (κ3) is 2.97. The molecular formula is C13H9N5O4S. The van der Waals surface area contributed by atoms with Gasteiger partial charge in [0.2, 0.25) is 0 Å². The Labute approximate surface area is 133 Å². The Morgan fingerprint density at radius 1 is 1.13 bits per heavy atom. The Kier molecular flexibility index (Phi) is 3.89. The van der Waals surface area contributed by atoms with Crippen LogP contribution in [-0.2, 0) is 4.79 Å². The maximum absolute atomic E-state index is 10.8. The summed E-state index contributed by atoms with van der Waals surface area (Å²) in [5.41, 5.74) is 0.529. The molecule has 3 aromatic heterocycles. The summed E-state index contributed by atoms with van der Waals surface area (Å²) < 4.78 is 1.44. The zero-order valence-corrected chi connectivity index (χ0v) is 12.3. The highest BCUT2D eigenvalue weighted by Crippen LogP contribution is 2.25. The van der Waals surface area contributed by atoms with Gasteiger partial charge in [0.15, 0.2) is 11.5 Å². The Balaban J connectivity index is 2.00. The molecule has 2 N–H and O–H groups in total. The van der Waals surface area contributed by atoms with Crippen LogP contribution in [0.25, 0.3) is 16.9 Å². The lowest BCUT2D eigenvalue weighted by Gasteiger charge is -2.03. The average Bonchev–Trinajstić information content (AvgIpc) is 2.97. The lowest BCUT2D eigenvalue weighted by molar-refractivity contribution is -0.133. The molecule has 0 fully saturated rings. The van der Waals surface area contributed by atoms with Crippen molar-refractivity contribution in [1.29, 1.82) is 0 Å². The number of carbonyl (C=O) groups is 2. The number of pyridine rings is 1. The zero-order chi connectivity index (χ0) is 16.4. The second-order valence-electron chi connectivity index (χ2n) is 4.37. The quantitative estimate of drug-likeness (QED) is 0.520. The Morgan fingerprint density at radius 2 is 1.96 bits per heavy atom. The average molecular weight is 331 g/mol. The topological polar surface area (TPSA) is 131 Å². The van der Waals surface area contributed by atoms with Crippen molar-refractivity contribution in [2.24, 2.45) is 0 Å². The normalized spacial score (nSPS) is 10.8. The molecule has 23 heavy (non-hydrogen) atoms. The molecule has 10 heteroatoms. The summed E-state index contributed by atoms with van der Waals surface area (Å²) in [6.07, 6.45) is 4.06. The van der Waals surface area contributed by atoms with Gasteiger partial charge in [-0.25, -0.2) is 19.7 Å². The predicted molar refractivity (Wildman–Crippen MR) is 79.8 cm³/mol. The molecule has 0 aliphatic rings. The van der Waals surface area contributed by atoms with E-state index in [0.717, 1.165) is 11.8 Å². The highest BCUT2D eigenvalue weighted by molar-refractivity contribution is 8.00. The first kappa shape index (κ1) is 14.9. The third-order valence-corrected chi connectivity index (χ3v) is 3.86. The van der Waals surface area contributed by atoms with E-state index in [9.17, 15) is 9.59 Å². The molecule has 3 aromatic rings. The minimum atomic E-state index is -1.07. The highest BCUT2D eigenvalue weighted by atomic mass is 32.2. The summed E-state index contributed by atoms with van der Waals surface area (Å²) in [6.45, 7) is 0. The summed E-state index contributed by atoms with van der Waals surface area (Å²) in [4.78, 5) is 33.8. The van der Waals surface area contributed by atoms with Crippen molar-refractivity contribution in [2.45, 2.75) is 5.03 Å². The number of thioether (sulfide) groups is 1. The second-order valence-corrected chi connectivity index (χ2v) is 5.33. The van der Waals surface area contributed by atoms with E-state index < -0.39 is 11.9 Å². The molecule has 0 radical (unpaired) electrons. The number of fused-ring (bicyclic) bond motifs is 1. The smallest absolute Gasteiger partial charge is 0.337 e. The van der Waals surface area contributed by atoms with Crippen molar-refractivity contribution in [3.8, 4) is 5.82 Å². The first-order valence-corrected chi connectivity index (χ1v) is 7.28. The van der Waals surface area contributed by atoms with Gasteiger partial charge in [-0.15, -0.1) is 0 Å². The molecule has 0 atom stereocenters. The summed E-state index contributed by atoms with van der Waals surface area (Å²) in [5.74, 6) is -1.73. The fourth-order valence-electron chi connectivity index (χ4n) is 1.87. The molecule has 3 heterocycles. The van der Waals surface area contributed by atoms with E-state index in [1.54, 1.807) is 0 Å². The fraction of sp³-hybridized carbons (Fsp3) is 0.0769. The molecule has 3 rings (SSSR count). The molecule has 116 valence electrons. The number of aliphatic carboxylic acids is 1. The van der Waals surface area contributed by atoms with E-state index >= 15 is 0 Å². The molecule has 0 aliphatic carbocycles. The molecule has 0 aliphatic heterocycles. The monoisotopic (exact) mass is 331 g/mol. The molecule has 0 bridgehead atoms. The van der Waals surface area contributed by atoms with Crippen LogP contribution in [-0.4, -0.2) is 52.6 Å². The molecule has 0 saturated carbocycles. The molecule has 0 aromatic carbocycles. The summed E-state index contributed by atoms with van der Waals surface area (Å²) in [5, 5.41) is 22.9. The first-order chi connectivity index (χ1) is 11.1. The molecule has 9 nitrogen and oxygen atoms in total. The lowest BCUT2D eigenvalue weighted by atomic mass is 10.3. The van der Waals surface area contributed by atoms with Gasteiger partial charge < -0.3 is 10.2 Å². The van der Waals surface area contributed by atoms with Crippen molar-refractivity contribution in [1.82, 2.24) is 24.7 Å². The minimum Gasteiger partial charge on any atom is -0.481 e. The Morgan fingerprint density at radius 3 is 2.61 bits per heavy atom. The molecule has 0 spiro atoms. The number of aromatic nitrogens is 5. The maximum Gasteiger partial charge on any atom is 0.337 e. The van der Waals surface area contributed by atoms with Crippen molar-refractivity contribution in [2.75, 3.05) is 5.75 Å². The van der Waals surface area contributed by atoms with Crippen LogP contribution in [0.15, 0.2) is 35.9 Å². The number of hydrogen-bond acceptors (Lipinski definition) is 7. The van der Waals surface area contributed by atoms with E-state index in [0.29, 0.717) is 21.9 Å². The van der Waals surface area contributed by atoms with Crippen molar-refractivity contribution in [3.63, 3.8) is 0 Å². The molecule has 0 saturated heterocycles. The number of nitrogens with zero attached hydrogens (tertiary/aromatic N) is 5. The minimum absolute atomic E-state index is 0.0672. The summed E-state index contributed by atoms with van der Waals surface area (Å²) in [7, 11) is 0. The van der Waals surface area contributed by atoms with Crippen LogP contribution >= 0.6 is 11.8 Å². The SMILES string of the molecule is O=C(O)CSc1ncnc2c1cnn2-c1ccc(C(=O)O)cn1. The standard InChI is InChI=1S/C13H9N5O4S/c19-10(20)5-23-12-8-4-17-18(11(8)15-6-16-12)9-2-1-7(3-14-9)13(21)22/h1-4,6H,5H2,(H,19,20)(H,21,22). The molecular weight excluding hydrogens is 322 g/mol. The van der Waals surface area contributed by atoms with Crippen LogP contribution in [0.5, 0.6) is 0 Å². The third-order valence-electron chi connectivity index (χ3n) is 2.87. The first-order valence-electron chi connectivity index (χ1n) is 6.29. The number of carboxylic acids is 2. The summed E-state index contributed by atoms with van der Waals surface area (Å²) in [6, 6.07) is 2.93. The van der Waals surface area contributed by atoms with E-state index in [1.807, 2.05) is 0 Å². The summed E-state index contributed by atoms with van der Waals surface area (Å²) >= 11 is 1.07. The van der Waals surface area contributed by atoms with Gasteiger partial charge in [-0.3, -0.25) is 4.79 Å². The van der Waals surface area contributed by atoms with Crippen molar-refractivity contribution < 1.29 is 19.8 Å². The van der Waals surface area contributed by atoms with Gasteiger partial charge in [0.25, 0.3) is 0 Å². The van der Waals surface area contributed by atoms with Crippen LogP contribution in [0.4, 0.5) is 0 Å². The lowest BCUT2D eigenvalue weighted by Crippen LogP contribution is -2.03. The largest absolute Gasteiger partial charge is 0.481 e. The van der Waals surface area contributed by atoms with Gasteiger partial charge in [0, 0.05) is 6.20 Å². The Hall–Kier alpha value is -3.01. The van der Waals surface area contributed by atoms with Crippen molar-refractivity contribution >= 4 is 34.7 Å². The van der Waals surface area contributed by atoms with Gasteiger partial charge in [-0.1, -0.05) is 11.8 Å². The molecule has 0 unspecified atom stereocenters. The molecule has 0 amide bonds.